The lowest BCUT2D eigenvalue weighted by Crippen LogP contribution is -2.36. The largest absolute Gasteiger partial charge is 0.481 e. The van der Waals surface area contributed by atoms with Crippen LogP contribution in [0.15, 0.2) is 24.3 Å². The Bertz CT molecular complexity index is 365. The number of unbranched alkanes of at least 4 members (excludes halogenated alkanes) is 2. The summed E-state index contributed by atoms with van der Waals surface area (Å²) in [4.78, 5) is 11.7. The first kappa shape index (κ1) is 14.5. The second-order valence-electron chi connectivity index (χ2n) is 4.21. The van der Waals surface area contributed by atoms with Gasteiger partial charge in [0.1, 0.15) is 11.6 Å². The first-order valence-corrected chi connectivity index (χ1v) is 6.33. The van der Waals surface area contributed by atoms with E-state index in [1.807, 2.05) is 0 Å². The highest BCUT2D eigenvalue weighted by Crippen LogP contribution is 2.12. The number of benzene rings is 1. The third-order valence-electron chi connectivity index (χ3n) is 2.58. The van der Waals surface area contributed by atoms with Gasteiger partial charge in [-0.15, -0.1) is 0 Å². The van der Waals surface area contributed by atoms with E-state index in [1.54, 1.807) is 6.92 Å². The maximum absolute atomic E-state index is 12.7. The Morgan fingerprint density at radius 2 is 2.00 bits per heavy atom. The van der Waals surface area contributed by atoms with Crippen molar-refractivity contribution >= 4 is 5.91 Å². The van der Waals surface area contributed by atoms with Crippen molar-refractivity contribution in [1.82, 2.24) is 5.32 Å². The molecule has 1 N–H and O–H groups in total. The van der Waals surface area contributed by atoms with Crippen molar-refractivity contribution < 1.29 is 13.9 Å². The molecule has 0 aliphatic carbocycles. The van der Waals surface area contributed by atoms with Crippen LogP contribution in [0.1, 0.15) is 33.1 Å². The highest BCUT2D eigenvalue weighted by molar-refractivity contribution is 5.80. The monoisotopic (exact) mass is 253 g/mol. The molecule has 3 nitrogen and oxygen atoms in total. The summed E-state index contributed by atoms with van der Waals surface area (Å²) < 4.78 is 18.1. The number of hydrogen-bond donors (Lipinski definition) is 1. The van der Waals surface area contributed by atoms with Crippen LogP contribution in [0.4, 0.5) is 4.39 Å². The van der Waals surface area contributed by atoms with Crippen molar-refractivity contribution in [2.24, 2.45) is 0 Å². The normalized spacial score (nSPS) is 11.9. The van der Waals surface area contributed by atoms with Crippen LogP contribution >= 0.6 is 0 Å². The highest BCUT2D eigenvalue weighted by Gasteiger charge is 2.13. The molecular weight excluding hydrogens is 233 g/mol. The molecule has 0 radical (unpaired) electrons. The van der Waals surface area contributed by atoms with Crippen molar-refractivity contribution in [1.29, 1.82) is 0 Å². The van der Waals surface area contributed by atoms with Gasteiger partial charge in [-0.2, -0.15) is 0 Å². The fraction of sp³-hybridized carbons (Fsp3) is 0.500. The van der Waals surface area contributed by atoms with Gasteiger partial charge in [-0.05, 0) is 37.6 Å². The molecule has 0 spiro atoms. The Labute approximate surface area is 107 Å². The molecule has 0 aromatic heterocycles. The van der Waals surface area contributed by atoms with E-state index >= 15 is 0 Å². The predicted molar refractivity (Wildman–Crippen MR) is 69.0 cm³/mol. The van der Waals surface area contributed by atoms with Crippen molar-refractivity contribution in [3.63, 3.8) is 0 Å². The zero-order valence-electron chi connectivity index (χ0n) is 10.9. The molecule has 0 aliphatic rings. The average molecular weight is 253 g/mol. The fourth-order valence-corrected chi connectivity index (χ4v) is 1.50. The van der Waals surface area contributed by atoms with E-state index in [4.69, 9.17) is 4.74 Å². The Morgan fingerprint density at radius 3 is 2.61 bits per heavy atom. The molecule has 1 unspecified atom stereocenters. The molecule has 1 rings (SSSR count). The van der Waals surface area contributed by atoms with Crippen LogP contribution in [0.25, 0.3) is 0 Å². The minimum atomic E-state index is -0.572. The minimum absolute atomic E-state index is 0.143. The summed E-state index contributed by atoms with van der Waals surface area (Å²) in [7, 11) is 0. The lowest BCUT2D eigenvalue weighted by Gasteiger charge is -2.14. The van der Waals surface area contributed by atoms with Gasteiger partial charge in [0.25, 0.3) is 5.91 Å². The number of amides is 1. The summed E-state index contributed by atoms with van der Waals surface area (Å²) in [5.74, 6) is 0.0297. The Morgan fingerprint density at radius 1 is 1.33 bits per heavy atom. The minimum Gasteiger partial charge on any atom is -0.481 e. The maximum Gasteiger partial charge on any atom is 0.260 e. The van der Waals surface area contributed by atoms with Gasteiger partial charge in [0.05, 0.1) is 0 Å². The van der Waals surface area contributed by atoms with Crippen LogP contribution in [0, 0.1) is 5.82 Å². The van der Waals surface area contributed by atoms with Gasteiger partial charge < -0.3 is 10.1 Å². The third kappa shape index (κ3) is 5.17. The van der Waals surface area contributed by atoms with Crippen molar-refractivity contribution in [2.75, 3.05) is 6.54 Å². The fourth-order valence-electron chi connectivity index (χ4n) is 1.50. The van der Waals surface area contributed by atoms with E-state index in [0.717, 1.165) is 19.3 Å². The van der Waals surface area contributed by atoms with Gasteiger partial charge in [-0.1, -0.05) is 19.8 Å². The van der Waals surface area contributed by atoms with E-state index < -0.39 is 6.10 Å². The van der Waals surface area contributed by atoms with E-state index in [0.29, 0.717) is 12.3 Å². The zero-order chi connectivity index (χ0) is 13.4. The second-order valence-corrected chi connectivity index (χ2v) is 4.21. The van der Waals surface area contributed by atoms with Gasteiger partial charge in [0.15, 0.2) is 6.10 Å². The quantitative estimate of drug-likeness (QED) is 0.759. The third-order valence-corrected chi connectivity index (χ3v) is 2.58. The molecular formula is C14H20FNO2. The van der Waals surface area contributed by atoms with Crippen LogP contribution in [0.2, 0.25) is 0 Å². The molecule has 0 bridgehead atoms. The van der Waals surface area contributed by atoms with Crippen LogP contribution in [0.3, 0.4) is 0 Å². The topological polar surface area (TPSA) is 38.3 Å². The summed E-state index contributed by atoms with van der Waals surface area (Å²) in [5, 5.41) is 2.81. The van der Waals surface area contributed by atoms with Crippen LogP contribution in [-0.4, -0.2) is 18.6 Å². The Hall–Kier alpha value is -1.58. The van der Waals surface area contributed by atoms with Crippen LogP contribution < -0.4 is 10.1 Å². The lowest BCUT2D eigenvalue weighted by atomic mass is 10.2. The molecule has 0 aliphatic heterocycles. The first-order valence-electron chi connectivity index (χ1n) is 6.33. The van der Waals surface area contributed by atoms with Crippen LogP contribution in [-0.2, 0) is 4.79 Å². The molecule has 100 valence electrons. The van der Waals surface area contributed by atoms with Gasteiger partial charge in [-0.25, -0.2) is 4.39 Å². The molecule has 0 saturated carbocycles. The second kappa shape index (κ2) is 7.69. The van der Waals surface area contributed by atoms with Crippen molar-refractivity contribution in [3.05, 3.63) is 30.1 Å². The Kier molecular flexibility index (Phi) is 6.19. The van der Waals surface area contributed by atoms with E-state index in [-0.39, 0.29) is 11.7 Å². The summed E-state index contributed by atoms with van der Waals surface area (Å²) >= 11 is 0. The zero-order valence-corrected chi connectivity index (χ0v) is 10.9. The summed E-state index contributed by atoms with van der Waals surface area (Å²) in [6.07, 6.45) is 2.63. The smallest absolute Gasteiger partial charge is 0.260 e. The molecule has 1 amide bonds. The molecule has 1 aromatic rings. The number of rotatable bonds is 7. The number of carbonyl (C=O) groups excluding carboxylic acids is 1. The summed E-state index contributed by atoms with van der Waals surface area (Å²) in [6.45, 7) is 4.46. The molecule has 0 heterocycles. The summed E-state index contributed by atoms with van der Waals surface area (Å²) in [6, 6.07) is 5.63. The Balaban J connectivity index is 2.33. The van der Waals surface area contributed by atoms with E-state index in [9.17, 15) is 9.18 Å². The SMILES string of the molecule is CCCCCNC(=O)C(C)Oc1ccc(F)cc1. The lowest BCUT2D eigenvalue weighted by molar-refractivity contribution is -0.127. The number of ether oxygens (including phenoxy) is 1. The number of carbonyl (C=O) groups is 1. The van der Waals surface area contributed by atoms with Crippen molar-refractivity contribution in [2.45, 2.75) is 39.2 Å². The van der Waals surface area contributed by atoms with Gasteiger partial charge >= 0.3 is 0 Å². The highest BCUT2D eigenvalue weighted by atomic mass is 19.1. The number of hydrogen-bond acceptors (Lipinski definition) is 2. The van der Waals surface area contributed by atoms with E-state index in [1.165, 1.54) is 24.3 Å². The molecule has 18 heavy (non-hydrogen) atoms. The maximum atomic E-state index is 12.7. The molecule has 1 aromatic carbocycles. The van der Waals surface area contributed by atoms with Gasteiger partial charge in [0.2, 0.25) is 0 Å². The molecule has 1 atom stereocenters. The molecule has 0 fully saturated rings. The standard InChI is InChI=1S/C14H20FNO2/c1-3-4-5-10-16-14(17)11(2)18-13-8-6-12(15)7-9-13/h6-9,11H,3-5,10H2,1-2H3,(H,16,17). The number of nitrogens with one attached hydrogen (secondary N) is 1. The van der Waals surface area contributed by atoms with Gasteiger partial charge in [0, 0.05) is 6.54 Å². The van der Waals surface area contributed by atoms with Gasteiger partial charge in [-0.3, -0.25) is 4.79 Å². The van der Waals surface area contributed by atoms with Crippen LogP contribution in [0.5, 0.6) is 5.75 Å². The first-order chi connectivity index (χ1) is 8.63. The average Bonchev–Trinajstić information content (AvgIpc) is 2.37. The molecule has 0 saturated heterocycles. The summed E-state index contributed by atoms with van der Waals surface area (Å²) in [5.41, 5.74) is 0. The molecule has 4 heteroatoms. The predicted octanol–water partition coefficient (Wildman–Crippen LogP) is 2.90. The number of halogens is 1. The van der Waals surface area contributed by atoms with E-state index in [2.05, 4.69) is 12.2 Å². The van der Waals surface area contributed by atoms with Crippen molar-refractivity contribution in [3.8, 4) is 5.75 Å².